The van der Waals surface area contributed by atoms with E-state index in [1.165, 1.54) is 0 Å². The van der Waals surface area contributed by atoms with Crippen molar-refractivity contribution in [2.45, 2.75) is 63.9 Å². The van der Waals surface area contributed by atoms with Gasteiger partial charge in [-0.3, -0.25) is 14.6 Å². The van der Waals surface area contributed by atoms with Crippen LogP contribution in [0.2, 0.25) is 0 Å². The maximum atomic E-state index is 13.2. The molecule has 1 saturated carbocycles. The number of esters is 1. The van der Waals surface area contributed by atoms with Gasteiger partial charge in [0.25, 0.3) is 0 Å². The van der Waals surface area contributed by atoms with Crippen molar-refractivity contribution in [1.82, 2.24) is 4.98 Å². The van der Waals surface area contributed by atoms with Crippen LogP contribution in [0.15, 0.2) is 60.8 Å². The molecule has 0 radical (unpaired) electrons. The summed E-state index contributed by atoms with van der Waals surface area (Å²) in [6.45, 7) is 5.85. The minimum Gasteiger partial charge on any atom is -0.460 e. The fourth-order valence-electron chi connectivity index (χ4n) is 4.58. The Morgan fingerprint density at radius 1 is 0.944 bits per heavy atom. The summed E-state index contributed by atoms with van der Waals surface area (Å²) >= 11 is 0. The van der Waals surface area contributed by atoms with Gasteiger partial charge in [0.15, 0.2) is 11.5 Å². The smallest absolute Gasteiger partial charge is 0.306 e. The van der Waals surface area contributed by atoms with Gasteiger partial charge in [-0.1, -0.05) is 36.4 Å². The molecule has 1 fully saturated rings. The standard InChI is InChI=1S/C30H31NO5/c1-29(2,3)36-28(33)13-6-20-4-7-21(8-5-20)22-9-11-24(31-18-22)17-27(32)30(14-15-30)23-10-12-25-26(16-23)35-19-34-25/h4-5,7-12,16,18H,6,13-15,17,19H2,1-3H3. The van der Waals surface area contributed by atoms with E-state index in [-0.39, 0.29) is 18.5 Å². The predicted octanol–water partition coefficient (Wildman–Crippen LogP) is 5.60. The van der Waals surface area contributed by atoms with E-state index in [9.17, 15) is 9.59 Å². The number of ketones is 1. The van der Waals surface area contributed by atoms with Crippen LogP contribution in [0.3, 0.4) is 0 Å². The van der Waals surface area contributed by atoms with E-state index in [0.29, 0.717) is 25.0 Å². The molecular weight excluding hydrogens is 454 g/mol. The lowest BCUT2D eigenvalue weighted by Crippen LogP contribution is -2.23. The second kappa shape index (κ2) is 9.41. The summed E-state index contributed by atoms with van der Waals surface area (Å²) < 4.78 is 16.3. The molecule has 0 saturated heterocycles. The van der Waals surface area contributed by atoms with E-state index >= 15 is 0 Å². The van der Waals surface area contributed by atoms with Crippen LogP contribution in [0.1, 0.15) is 56.9 Å². The molecular formula is C30H31NO5. The molecule has 6 heteroatoms. The molecule has 0 bridgehead atoms. The van der Waals surface area contributed by atoms with Crippen LogP contribution < -0.4 is 9.47 Å². The van der Waals surface area contributed by atoms with E-state index in [4.69, 9.17) is 14.2 Å². The molecule has 1 aliphatic carbocycles. The summed E-state index contributed by atoms with van der Waals surface area (Å²) in [6.07, 6.45) is 4.82. The predicted molar refractivity (Wildman–Crippen MR) is 136 cm³/mol. The molecule has 1 aromatic heterocycles. The number of rotatable bonds is 8. The SMILES string of the molecule is CC(C)(C)OC(=O)CCc1ccc(-c2ccc(CC(=O)C3(c4ccc5c(c4)OCO5)CC3)nc2)cc1. The number of pyridine rings is 1. The summed E-state index contributed by atoms with van der Waals surface area (Å²) in [7, 11) is 0. The number of Topliss-reactive ketones (excluding diaryl/α,β-unsaturated/α-hetero) is 1. The Kier molecular flexibility index (Phi) is 6.29. The van der Waals surface area contributed by atoms with E-state index in [1.54, 1.807) is 0 Å². The van der Waals surface area contributed by atoms with Crippen molar-refractivity contribution < 1.29 is 23.8 Å². The van der Waals surface area contributed by atoms with Crippen LogP contribution in [0.4, 0.5) is 0 Å². The highest BCUT2D eigenvalue weighted by atomic mass is 16.7. The van der Waals surface area contributed by atoms with Crippen LogP contribution in [0, 0.1) is 0 Å². The van der Waals surface area contributed by atoms with Crippen molar-refractivity contribution in [3.05, 3.63) is 77.6 Å². The lowest BCUT2D eigenvalue weighted by Gasteiger charge is -2.19. The number of benzene rings is 2. The maximum Gasteiger partial charge on any atom is 0.306 e. The van der Waals surface area contributed by atoms with Crippen molar-refractivity contribution in [1.29, 1.82) is 0 Å². The molecule has 0 atom stereocenters. The van der Waals surface area contributed by atoms with Gasteiger partial charge < -0.3 is 14.2 Å². The van der Waals surface area contributed by atoms with Crippen LogP contribution in [0.5, 0.6) is 11.5 Å². The van der Waals surface area contributed by atoms with Gasteiger partial charge >= 0.3 is 5.97 Å². The number of aromatic nitrogens is 1. The molecule has 186 valence electrons. The monoisotopic (exact) mass is 485 g/mol. The first-order valence-electron chi connectivity index (χ1n) is 12.4. The zero-order valence-electron chi connectivity index (χ0n) is 21.0. The molecule has 0 unspecified atom stereocenters. The Morgan fingerprint density at radius 2 is 1.67 bits per heavy atom. The van der Waals surface area contributed by atoms with Crippen molar-refractivity contribution in [3.8, 4) is 22.6 Å². The number of hydrogen-bond acceptors (Lipinski definition) is 6. The van der Waals surface area contributed by atoms with E-state index < -0.39 is 11.0 Å². The first-order chi connectivity index (χ1) is 17.2. The summed E-state index contributed by atoms with van der Waals surface area (Å²) in [5.41, 5.74) is 3.98. The van der Waals surface area contributed by atoms with Crippen molar-refractivity contribution in [2.24, 2.45) is 0 Å². The van der Waals surface area contributed by atoms with Gasteiger partial charge in [-0.15, -0.1) is 0 Å². The fourth-order valence-corrected chi connectivity index (χ4v) is 4.58. The fraction of sp³-hybridized carbons (Fsp3) is 0.367. The van der Waals surface area contributed by atoms with Crippen LogP contribution in [-0.4, -0.2) is 29.1 Å². The van der Waals surface area contributed by atoms with Gasteiger partial charge in [0.05, 0.1) is 5.41 Å². The lowest BCUT2D eigenvalue weighted by atomic mass is 9.88. The molecule has 5 rings (SSSR count). The van der Waals surface area contributed by atoms with E-state index in [1.807, 2.05) is 81.6 Å². The summed E-state index contributed by atoms with van der Waals surface area (Å²) in [5, 5.41) is 0. The summed E-state index contributed by atoms with van der Waals surface area (Å²) in [6, 6.07) is 17.9. The highest BCUT2D eigenvalue weighted by Crippen LogP contribution is 2.51. The Bertz CT molecular complexity index is 1270. The molecule has 1 aliphatic heterocycles. The Hall–Kier alpha value is -3.67. The summed E-state index contributed by atoms with van der Waals surface area (Å²) in [5.74, 6) is 1.45. The molecule has 36 heavy (non-hydrogen) atoms. The second-order valence-electron chi connectivity index (χ2n) is 10.6. The Balaban J connectivity index is 1.19. The second-order valence-corrected chi connectivity index (χ2v) is 10.6. The number of aryl methyl sites for hydroxylation is 1. The van der Waals surface area contributed by atoms with Gasteiger partial charge in [-0.2, -0.15) is 0 Å². The Labute approximate surface area is 211 Å². The number of carbonyl (C=O) groups is 2. The zero-order valence-corrected chi connectivity index (χ0v) is 21.0. The average molecular weight is 486 g/mol. The van der Waals surface area contributed by atoms with Gasteiger partial charge in [0.2, 0.25) is 6.79 Å². The third kappa shape index (κ3) is 5.27. The molecule has 6 nitrogen and oxygen atoms in total. The highest BCUT2D eigenvalue weighted by Gasteiger charge is 2.50. The maximum absolute atomic E-state index is 13.2. The van der Waals surface area contributed by atoms with Crippen LogP contribution in [0.25, 0.3) is 11.1 Å². The molecule has 0 spiro atoms. The van der Waals surface area contributed by atoms with Gasteiger partial charge in [0, 0.05) is 30.3 Å². The first kappa shape index (κ1) is 24.0. The quantitative estimate of drug-likeness (QED) is 0.387. The third-order valence-corrected chi connectivity index (χ3v) is 6.70. The van der Waals surface area contributed by atoms with E-state index in [0.717, 1.165) is 46.5 Å². The minimum atomic E-state index is -0.462. The molecule has 3 aromatic rings. The van der Waals surface area contributed by atoms with Crippen molar-refractivity contribution in [3.63, 3.8) is 0 Å². The molecule has 0 N–H and O–H groups in total. The topological polar surface area (TPSA) is 74.7 Å². The third-order valence-electron chi connectivity index (χ3n) is 6.70. The van der Waals surface area contributed by atoms with Crippen LogP contribution in [-0.2, 0) is 32.6 Å². The molecule has 2 aliphatic rings. The van der Waals surface area contributed by atoms with Gasteiger partial charge in [0.1, 0.15) is 11.4 Å². The van der Waals surface area contributed by atoms with Gasteiger partial charge in [-0.25, -0.2) is 0 Å². The Morgan fingerprint density at radius 3 is 2.33 bits per heavy atom. The van der Waals surface area contributed by atoms with Crippen LogP contribution >= 0.6 is 0 Å². The molecule has 2 aromatic carbocycles. The number of carbonyl (C=O) groups excluding carboxylic acids is 2. The largest absolute Gasteiger partial charge is 0.460 e. The lowest BCUT2D eigenvalue weighted by molar-refractivity contribution is -0.154. The zero-order chi connectivity index (χ0) is 25.3. The number of hydrogen-bond donors (Lipinski definition) is 0. The highest BCUT2D eigenvalue weighted by molar-refractivity contribution is 5.94. The van der Waals surface area contributed by atoms with Crippen molar-refractivity contribution >= 4 is 11.8 Å². The molecule has 0 amide bonds. The number of fused-ring (bicyclic) bond motifs is 1. The van der Waals surface area contributed by atoms with Crippen molar-refractivity contribution in [2.75, 3.05) is 6.79 Å². The summed E-state index contributed by atoms with van der Waals surface area (Å²) in [4.78, 5) is 29.8. The normalized spacial score (nSPS) is 15.4. The average Bonchev–Trinajstić information content (AvgIpc) is 3.53. The van der Waals surface area contributed by atoms with E-state index in [2.05, 4.69) is 4.98 Å². The van der Waals surface area contributed by atoms with Gasteiger partial charge in [-0.05, 0) is 74.9 Å². The number of nitrogens with zero attached hydrogens (tertiary/aromatic N) is 1. The molecule has 2 heterocycles. The minimum absolute atomic E-state index is 0.188. The first-order valence-corrected chi connectivity index (χ1v) is 12.4. The number of ether oxygens (including phenoxy) is 3.